The smallest absolute Gasteiger partial charge is 0.303 e. The standard InChI is InChI=1S/C17H20N2O3S/c20-13(21)8-10-6-7-12-14(10)15-16(18-9-19-17(15)23-12)22-11-4-2-1-3-5-11/h9-11H,1-8H2,(H,20,21)/t10-/m0/s1. The third-order valence-corrected chi connectivity index (χ3v) is 6.12. The van der Waals surface area contributed by atoms with Crippen LogP contribution in [0.25, 0.3) is 10.2 Å². The van der Waals surface area contributed by atoms with E-state index in [1.54, 1.807) is 17.7 Å². The van der Waals surface area contributed by atoms with Crippen LogP contribution in [0.4, 0.5) is 0 Å². The van der Waals surface area contributed by atoms with Gasteiger partial charge in [-0.3, -0.25) is 4.79 Å². The van der Waals surface area contributed by atoms with Crippen molar-refractivity contribution in [3.8, 4) is 5.88 Å². The number of carbonyl (C=O) groups is 1. The second-order valence-electron chi connectivity index (χ2n) is 6.51. The lowest BCUT2D eigenvalue weighted by molar-refractivity contribution is -0.137. The number of thiophene rings is 1. The van der Waals surface area contributed by atoms with Crippen molar-refractivity contribution in [1.29, 1.82) is 0 Å². The lowest BCUT2D eigenvalue weighted by Gasteiger charge is -2.23. The Kier molecular flexibility index (Phi) is 3.93. The third-order valence-electron chi connectivity index (χ3n) is 4.95. The second kappa shape index (κ2) is 6.07. The van der Waals surface area contributed by atoms with Gasteiger partial charge in [-0.1, -0.05) is 6.42 Å². The van der Waals surface area contributed by atoms with E-state index >= 15 is 0 Å². The van der Waals surface area contributed by atoms with Gasteiger partial charge in [-0.15, -0.1) is 11.3 Å². The van der Waals surface area contributed by atoms with E-state index in [4.69, 9.17) is 4.74 Å². The van der Waals surface area contributed by atoms with Crippen LogP contribution in [0.1, 0.15) is 61.3 Å². The molecule has 5 nitrogen and oxygen atoms in total. The predicted molar refractivity (Wildman–Crippen MR) is 88.2 cm³/mol. The molecule has 0 aromatic carbocycles. The van der Waals surface area contributed by atoms with E-state index in [0.717, 1.165) is 41.5 Å². The summed E-state index contributed by atoms with van der Waals surface area (Å²) in [5.74, 6) is -0.0126. The molecule has 2 aliphatic carbocycles. The van der Waals surface area contributed by atoms with Crippen molar-refractivity contribution >= 4 is 27.5 Å². The van der Waals surface area contributed by atoms with Crippen molar-refractivity contribution in [3.63, 3.8) is 0 Å². The molecule has 0 unspecified atom stereocenters. The number of aromatic nitrogens is 2. The van der Waals surface area contributed by atoms with E-state index in [2.05, 4.69) is 9.97 Å². The third kappa shape index (κ3) is 2.80. The van der Waals surface area contributed by atoms with E-state index < -0.39 is 5.97 Å². The van der Waals surface area contributed by atoms with Gasteiger partial charge in [-0.05, 0) is 50.0 Å². The highest BCUT2D eigenvalue weighted by atomic mass is 32.1. The fourth-order valence-corrected chi connectivity index (χ4v) is 5.12. The molecule has 0 radical (unpaired) electrons. The number of rotatable bonds is 4. The summed E-state index contributed by atoms with van der Waals surface area (Å²) < 4.78 is 6.21. The first-order valence-corrected chi connectivity index (χ1v) is 9.18. The number of aliphatic carboxylic acids is 1. The molecule has 1 atom stereocenters. The van der Waals surface area contributed by atoms with Crippen LogP contribution in [0.15, 0.2) is 6.33 Å². The highest BCUT2D eigenvalue weighted by molar-refractivity contribution is 7.19. The summed E-state index contributed by atoms with van der Waals surface area (Å²) in [6.45, 7) is 0. The van der Waals surface area contributed by atoms with Gasteiger partial charge in [0, 0.05) is 4.88 Å². The van der Waals surface area contributed by atoms with Gasteiger partial charge in [0.25, 0.3) is 0 Å². The highest BCUT2D eigenvalue weighted by Crippen LogP contribution is 2.47. The molecule has 4 rings (SSSR count). The molecule has 2 aliphatic rings. The molecule has 122 valence electrons. The number of aryl methyl sites for hydroxylation is 1. The zero-order chi connectivity index (χ0) is 15.8. The van der Waals surface area contributed by atoms with Crippen LogP contribution in [0.2, 0.25) is 0 Å². The molecule has 2 aromatic rings. The van der Waals surface area contributed by atoms with Crippen LogP contribution >= 0.6 is 11.3 Å². The van der Waals surface area contributed by atoms with Crippen molar-refractivity contribution < 1.29 is 14.6 Å². The van der Waals surface area contributed by atoms with Crippen molar-refractivity contribution in [2.75, 3.05) is 0 Å². The van der Waals surface area contributed by atoms with Crippen molar-refractivity contribution in [2.45, 2.75) is 63.4 Å². The molecule has 1 fully saturated rings. The maximum Gasteiger partial charge on any atom is 0.303 e. The lowest BCUT2D eigenvalue weighted by Crippen LogP contribution is -2.20. The van der Waals surface area contributed by atoms with Gasteiger partial charge < -0.3 is 9.84 Å². The summed E-state index contributed by atoms with van der Waals surface area (Å²) in [6, 6.07) is 0. The Labute approximate surface area is 138 Å². The molecule has 6 heteroatoms. The van der Waals surface area contributed by atoms with Crippen LogP contribution < -0.4 is 4.74 Å². The largest absolute Gasteiger partial charge is 0.481 e. The van der Waals surface area contributed by atoms with Gasteiger partial charge in [0.15, 0.2) is 0 Å². The topological polar surface area (TPSA) is 72.3 Å². The minimum atomic E-state index is -0.742. The van der Waals surface area contributed by atoms with E-state index in [9.17, 15) is 9.90 Å². The Bertz CT molecular complexity index is 737. The fourth-order valence-electron chi connectivity index (χ4n) is 3.89. The SMILES string of the molecule is O=C(O)C[C@@H]1CCc2sc3ncnc(OC4CCCCC4)c3c21. The number of nitrogens with zero attached hydrogens (tertiary/aromatic N) is 2. The molecule has 2 heterocycles. The minimum Gasteiger partial charge on any atom is -0.481 e. The normalized spacial score (nSPS) is 21.5. The Balaban J connectivity index is 1.72. The molecule has 1 saturated carbocycles. The van der Waals surface area contributed by atoms with E-state index in [0.29, 0.717) is 5.88 Å². The maximum atomic E-state index is 11.2. The first-order valence-electron chi connectivity index (χ1n) is 8.37. The number of carboxylic acids is 1. The van der Waals surface area contributed by atoms with Crippen LogP contribution in [0, 0.1) is 0 Å². The molecule has 0 spiro atoms. The molecule has 2 aromatic heterocycles. The van der Waals surface area contributed by atoms with Crippen molar-refractivity contribution in [1.82, 2.24) is 9.97 Å². The lowest BCUT2D eigenvalue weighted by atomic mass is 9.97. The van der Waals surface area contributed by atoms with E-state index in [1.165, 1.54) is 24.1 Å². The molecule has 1 N–H and O–H groups in total. The number of hydrogen-bond acceptors (Lipinski definition) is 5. The van der Waals surface area contributed by atoms with Gasteiger partial charge in [0.2, 0.25) is 5.88 Å². The van der Waals surface area contributed by atoms with Crippen LogP contribution in [0.5, 0.6) is 5.88 Å². The molecule has 0 aliphatic heterocycles. The minimum absolute atomic E-state index is 0.0657. The van der Waals surface area contributed by atoms with Crippen LogP contribution in [-0.4, -0.2) is 27.1 Å². The second-order valence-corrected chi connectivity index (χ2v) is 7.59. The number of fused-ring (bicyclic) bond motifs is 3. The van der Waals surface area contributed by atoms with Crippen molar-refractivity contribution in [3.05, 3.63) is 16.8 Å². The Morgan fingerprint density at radius 2 is 2.09 bits per heavy atom. The Hall–Kier alpha value is -1.69. The van der Waals surface area contributed by atoms with Gasteiger partial charge >= 0.3 is 5.97 Å². The summed E-state index contributed by atoms with van der Waals surface area (Å²) in [5.41, 5.74) is 1.14. The monoisotopic (exact) mass is 332 g/mol. The van der Waals surface area contributed by atoms with E-state index in [-0.39, 0.29) is 18.4 Å². The van der Waals surface area contributed by atoms with Crippen LogP contribution in [0.3, 0.4) is 0 Å². The molecule has 0 amide bonds. The maximum absolute atomic E-state index is 11.2. The number of hydrogen-bond donors (Lipinski definition) is 1. The highest BCUT2D eigenvalue weighted by Gasteiger charge is 2.32. The molecule has 0 saturated heterocycles. The van der Waals surface area contributed by atoms with Crippen LogP contribution in [-0.2, 0) is 11.2 Å². The molecule has 0 bridgehead atoms. The molecular weight excluding hydrogens is 312 g/mol. The van der Waals surface area contributed by atoms with Gasteiger partial charge in [-0.2, -0.15) is 0 Å². The fraction of sp³-hybridized carbons (Fsp3) is 0.588. The summed E-state index contributed by atoms with van der Waals surface area (Å²) in [5, 5.41) is 10.2. The Morgan fingerprint density at radius 3 is 2.87 bits per heavy atom. The molecular formula is C17H20N2O3S. The van der Waals surface area contributed by atoms with Gasteiger partial charge in [0.1, 0.15) is 17.3 Å². The summed E-state index contributed by atoms with van der Waals surface area (Å²) >= 11 is 1.67. The summed E-state index contributed by atoms with van der Waals surface area (Å²) in [7, 11) is 0. The van der Waals surface area contributed by atoms with Gasteiger partial charge in [0.05, 0.1) is 11.8 Å². The quantitative estimate of drug-likeness (QED) is 0.919. The average molecular weight is 332 g/mol. The van der Waals surface area contributed by atoms with Crippen molar-refractivity contribution in [2.24, 2.45) is 0 Å². The average Bonchev–Trinajstić information content (AvgIpc) is 3.08. The summed E-state index contributed by atoms with van der Waals surface area (Å²) in [6.07, 6.45) is 9.69. The first kappa shape index (κ1) is 14.9. The number of ether oxygens (including phenoxy) is 1. The predicted octanol–water partition coefficient (Wildman–Crippen LogP) is 3.91. The van der Waals surface area contributed by atoms with Gasteiger partial charge in [-0.25, -0.2) is 9.97 Å². The Morgan fingerprint density at radius 1 is 1.26 bits per heavy atom. The first-order chi connectivity index (χ1) is 11.2. The van der Waals surface area contributed by atoms with E-state index in [1.807, 2.05) is 0 Å². The molecule has 23 heavy (non-hydrogen) atoms. The summed E-state index contributed by atoms with van der Waals surface area (Å²) in [4.78, 5) is 22.1. The zero-order valence-corrected chi connectivity index (χ0v) is 13.8. The zero-order valence-electron chi connectivity index (χ0n) is 13.0. The number of carboxylic acid groups (broad SMARTS) is 1.